The topological polar surface area (TPSA) is 42.4 Å². The van der Waals surface area contributed by atoms with E-state index in [-0.39, 0.29) is 0 Å². The SMILES string of the molecule is Oc1cccnc1OCC(F)(F)F. The molecular weight excluding hydrogens is 187 g/mol. The van der Waals surface area contributed by atoms with Gasteiger partial charge < -0.3 is 9.84 Å². The van der Waals surface area contributed by atoms with E-state index in [2.05, 4.69) is 9.72 Å². The second-order valence-corrected chi connectivity index (χ2v) is 2.23. The lowest BCUT2D eigenvalue weighted by atomic mass is 10.4. The van der Waals surface area contributed by atoms with Gasteiger partial charge in [0.05, 0.1) is 0 Å². The Kier molecular flexibility index (Phi) is 2.60. The summed E-state index contributed by atoms with van der Waals surface area (Å²) in [6.07, 6.45) is -3.20. The summed E-state index contributed by atoms with van der Waals surface area (Å²) in [7, 11) is 0. The zero-order chi connectivity index (χ0) is 9.90. The second kappa shape index (κ2) is 3.51. The lowest BCUT2D eigenvalue weighted by Crippen LogP contribution is -2.19. The molecule has 0 saturated heterocycles. The largest absolute Gasteiger partial charge is 0.503 e. The van der Waals surface area contributed by atoms with Gasteiger partial charge in [-0.15, -0.1) is 0 Å². The third-order valence-corrected chi connectivity index (χ3v) is 1.12. The molecule has 0 aliphatic heterocycles. The van der Waals surface area contributed by atoms with Crippen LogP contribution in [0.25, 0.3) is 0 Å². The van der Waals surface area contributed by atoms with E-state index in [9.17, 15) is 13.2 Å². The van der Waals surface area contributed by atoms with E-state index in [1.165, 1.54) is 18.3 Å². The minimum Gasteiger partial charge on any atom is -0.503 e. The molecule has 3 nitrogen and oxygen atoms in total. The number of alkyl halides is 3. The summed E-state index contributed by atoms with van der Waals surface area (Å²) in [4.78, 5) is 3.41. The van der Waals surface area contributed by atoms with Gasteiger partial charge in [0.25, 0.3) is 5.88 Å². The van der Waals surface area contributed by atoms with Crippen LogP contribution < -0.4 is 4.74 Å². The molecule has 6 heteroatoms. The van der Waals surface area contributed by atoms with Crippen molar-refractivity contribution in [3.8, 4) is 11.6 Å². The molecule has 1 aromatic rings. The monoisotopic (exact) mass is 193 g/mol. The maximum Gasteiger partial charge on any atom is 0.422 e. The van der Waals surface area contributed by atoms with Gasteiger partial charge in [-0.3, -0.25) is 0 Å². The number of ether oxygens (including phenoxy) is 1. The highest BCUT2D eigenvalue weighted by molar-refractivity contribution is 5.30. The first-order valence-corrected chi connectivity index (χ1v) is 3.32. The third kappa shape index (κ3) is 3.18. The molecule has 0 atom stereocenters. The van der Waals surface area contributed by atoms with Crippen molar-refractivity contribution in [3.63, 3.8) is 0 Å². The fourth-order valence-corrected chi connectivity index (χ4v) is 0.644. The average molecular weight is 193 g/mol. The molecule has 0 amide bonds. The standard InChI is InChI=1S/C7H6F3NO2/c8-7(9,10)4-13-6-5(12)2-1-3-11-6/h1-3,12H,4H2. The molecule has 1 heterocycles. The van der Waals surface area contributed by atoms with Crippen LogP contribution in [0.2, 0.25) is 0 Å². The van der Waals surface area contributed by atoms with Crippen molar-refractivity contribution in [2.75, 3.05) is 6.61 Å². The summed E-state index contributed by atoms with van der Waals surface area (Å²) in [5, 5.41) is 8.95. The van der Waals surface area contributed by atoms with E-state index in [1.807, 2.05) is 0 Å². The number of aromatic hydroxyl groups is 1. The van der Waals surface area contributed by atoms with Gasteiger partial charge in [0.2, 0.25) is 0 Å². The highest BCUT2D eigenvalue weighted by Gasteiger charge is 2.29. The molecule has 0 aromatic carbocycles. The van der Waals surface area contributed by atoms with Gasteiger partial charge >= 0.3 is 6.18 Å². The number of rotatable bonds is 2. The average Bonchev–Trinajstić information content (AvgIpc) is 2.01. The summed E-state index contributed by atoms with van der Waals surface area (Å²) in [5.74, 6) is -0.827. The molecule has 0 fully saturated rings. The van der Waals surface area contributed by atoms with Gasteiger partial charge in [0, 0.05) is 6.20 Å². The number of hydrogen-bond donors (Lipinski definition) is 1. The highest BCUT2D eigenvalue weighted by atomic mass is 19.4. The predicted octanol–water partition coefficient (Wildman–Crippen LogP) is 1.73. The lowest BCUT2D eigenvalue weighted by Gasteiger charge is -2.08. The van der Waals surface area contributed by atoms with Crippen molar-refractivity contribution in [2.45, 2.75) is 6.18 Å². The van der Waals surface area contributed by atoms with Crippen molar-refractivity contribution in [3.05, 3.63) is 18.3 Å². The van der Waals surface area contributed by atoms with Gasteiger partial charge in [0.1, 0.15) is 0 Å². The number of nitrogens with zero attached hydrogens (tertiary/aromatic N) is 1. The molecule has 0 spiro atoms. The first-order chi connectivity index (χ1) is 5.99. The Morgan fingerprint density at radius 1 is 1.46 bits per heavy atom. The first-order valence-electron chi connectivity index (χ1n) is 3.32. The van der Waals surface area contributed by atoms with Crippen molar-refractivity contribution < 1.29 is 23.0 Å². The molecular formula is C7H6F3NO2. The Balaban J connectivity index is 2.60. The first kappa shape index (κ1) is 9.63. The summed E-state index contributed by atoms with van der Waals surface area (Å²) in [5.41, 5.74) is 0. The van der Waals surface area contributed by atoms with Crippen LogP contribution in [-0.4, -0.2) is 22.9 Å². The smallest absolute Gasteiger partial charge is 0.422 e. The van der Waals surface area contributed by atoms with Crippen LogP contribution in [0.4, 0.5) is 13.2 Å². The molecule has 1 N–H and O–H groups in total. The van der Waals surface area contributed by atoms with Crippen molar-refractivity contribution in [2.24, 2.45) is 0 Å². The van der Waals surface area contributed by atoms with Gasteiger partial charge in [-0.1, -0.05) is 0 Å². The van der Waals surface area contributed by atoms with E-state index >= 15 is 0 Å². The van der Waals surface area contributed by atoms with Crippen LogP contribution in [0.15, 0.2) is 18.3 Å². The lowest BCUT2D eigenvalue weighted by molar-refractivity contribution is -0.154. The number of halogens is 3. The maximum absolute atomic E-state index is 11.6. The second-order valence-electron chi connectivity index (χ2n) is 2.23. The van der Waals surface area contributed by atoms with Crippen LogP contribution in [0.1, 0.15) is 0 Å². The van der Waals surface area contributed by atoms with Gasteiger partial charge in [-0.05, 0) is 12.1 Å². The number of hydrogen-bond acceptors (Lipinski definition) is 3. The van der Waals surface area contributed by atoms with Crippen LogP contribution in [0.3, 0.4) is 0 Å². The molecule has 0 radical (unpaired) electrons. The molecule has 1 aromatic heterocycles. The van der Waals surface area contributed by atoms with E-state index < -0.39 is 24.4 Å². The third-order valence-electron chi connectivity index (χ3n) is 1.12. The van der Waals surface area contributed by atoms with E-state index in [0.29, 0.717) is 0 Å². The summed E-state index contributed by atoms with van der Waals surface area (Å²) in [6.45, 7) is -1.46. The van der Waals surface area contributed by atoms with Gasteiger partial charge in [0.15, 0.2) is 12.4 Å². The van der Waals surface area contributed by atoms with Gasteiger partial charge in [-0.25, -0.2) is 4.98 Å². The maximum atomic E-state index is 11.6. The Bertz CT molecular complexity index is 287. The fraction of sp³-hybridized carbons (Fsp3) is 0.286. The molecule has 1 rings (SSSR count). The summed E-state index contributed by atoms with van der Waals surface area (Å²) >= 11 is 0. The zero-order valence-corrected chi connectivity index (χ0v) is 6.38. The molecule has 72 valence electrons. The number of aromatic nitrogens is 1. The van der Waals surface area contributed by atoms with Crippen molar-refractivity contribution in [1.82, 2.24) is 4.98 Å². The fourth-order valence-electron chi connectivity index (χ4n) is 0.644. The Labute approximate surface area is 71.8 Å². The molecule has 0 aliphatic carbocycles. The normalized spacial score (nSPS) is 11.3. The summed E-state index contributed by atoms with van der Waals surface area (Å²) < 4.78 is 39.1. The minimum absolute atomic E-state index is 0.410. The quantitative estimate of drug-likeness (QED) is 0.777. The Morgan fingerprint density at radius 2 is 2.15 bits per heavy atom. The van der Waals surface area contributed by atoms with Crippen LogP contribution in [-0.2, 0) is 0 Å². The molecule has 0 saturated carbocycles. The van der Waals surface area contributed by atoms with Crippen molar-refractivity contribution in [1.29, 1.82) is 0 Å². The zero-order valence-electron chi connectivity index (χ0n) is 6.38. The van der Waals surface area contributed by atoms with Crippen LogP contribution >= 0.6 is 0 Å². The predicted molar refractivity (Wildman–Crippen MR) is 37.5 cm³/mol. The highest BCUT2D eigenvalue weighted by Crippen LogP contribution is 2.23. The number of pyridine rings is 1. The Hall–Kier alpha value is -1.46. The van der Waals surface area contributed by atoms with Crippen LogP contribution in [0, 0.1) is 0 Å². The summed E-state index contributed by atoms with van der Waals surface area (Å²) in [6, 6.07) is 2.58. The Morgan fingerprint density at radius 3 is 2.69 bits per heavy atom. The van der Waals surface area contributed by atoms with E-state index in [4.69, 9.17) is 5.11 Å². The van der Waals surface area contributed by atoms with Crippen molar-refractivity contribution >= 4 is 0 Å². The van der Waals surface area contributed by atoms with Crippen LogP contribution in [0.5, 0.6) is 11.6 Å². The molecule has 0 bridgehead atoms. The van der Waals surface area contributed by atoms with E-state index in [0.717, 1.165) is 0 Å². The molecule has 13 heavy (non-hydrogen) atoms. The molecule has 0 aliphatic rings. The van der Waals surface area contributed by atoms with Gasteiger partial charge in [-0.2, -0.15) is 13.2 Å². The minimum atomic E-state index is -4.43. The van der Waals surface area contributed by atoms with E-state index in [1.54, 1.807) is 0 Å². The molecule has 0 unspecified atom stereocenters.